The molecule has 0 aromatic rings. The molecule has 2 fully saturated rings. The lowest BCUT2D eigenvalue weighted by Gasteiger charge is -2.31. The molecule has 5 nitrogen and oxygen atoms in total. The van der Waals surface area contributed by atoms with E-state index in [0.717, 1.165) is 18.7 Å². The summed E-state index contributed by atoms with van der Waals surface area (Å²) in [7, 11) is 0. The second-order valence-electron chi connectivity index (χ2n) is 5.13. The largest absolute Gasteiger partial charge is 0.325 e. The van der Waals surface area contributed by atoms with Crippen LogP contribution < -0.4 is 10.6 Å². The molecule has 2 N–H and O–H groups in total. The van der Waals surface area contributed by atoms with E-state index in [1.54, 1.807) is 6.08 Å². The summed E-state index contributed by atoms with van der Waals surface area (Å²) < 4.78 is 0. The van der Waals surface area contributed by atoms with Crippen molar-refractivity contribution in [2.75, 3.05) is 19.6 Å². The highest BCUT2D eigenvalue weighted by Crippen LogP contribution is 2.27. The molecule has 0 aromatic heterocycles. The predicted molar refractivity (Wildman–Crippen MR) is 78.2 cm³/mol. The summed E-state index contributed by atoms with van der Waals surface area (Å²) in [6.45, 7) is 7.35. The summed E-state index contributed by atoms with van der Waals surface area (Å²) in [5, 5.41) is 6.09. The van der Waals surface area contributed by atoms with Gasteiger partial charge in [-0.1, -0.05) is 30.9 Å². The Labute approximate surface area is 119 Å². The molecule has 2 rings (SSSR count). The van der Waals surface area contributed by atoms with E-state index < -0.39 is 5.54 Å². The minimum atomic E-state index is -0.697. The van der Waals surface area contributed by atoms with Gasteiger partial charge in [0, 0.05) is 0 Å². The van der Waals surface area contributed by atoms with E-state index in [1.165, 1.54) is 4.90 Å². The van der Waals surface area contributed by atoms with E-state index in [-0.39, 0.29) is 18.5 Å². The van der Waals surface area contributed by atoms with Crippen LogP contribution in [0.25, 0.3) is 0 Å². The maximum atomic E-state index is 12.6. The molecule has 20 heavy (non-hydrogen) atoms. The van der Waals surface area contributed by atoms with E-state index in [1.807, 2.05) is 25.2 Å². The molecule has 3 amide bonds. The third-order valence-electron chi connectivity index (χ3n) is 3.76. The third kappa shape index (κ3) is 2.67. The fourth-order valence-corrected chi connectivity index (χ4v) is 2.72. The lowest BCUT2D eigenvalue weighted by atomic mass is 9.88. The van der Waals surface area contributed by atoms with E-state index in [4.69, 9.17) is 0 Å². The second kappa shape index (κ2) is 6.05. The van der Waals surface area contributed by atoms with Gasteiger partial charge in [0.1, 0.15) is 5.54 Å². The first-order valence-corrected chi connectivity index (χ1v) is 6.92. The maximum absolute atomic E-state index is 12.6. The predicted octanol–water partition coefficient (Wildman–Crippen LogP) is 1.35. The molecule has 2 saturated heterocycles. The van der Waals surface area contributed by atoms with Gasteiger partial charge in [-0.05, 0) is 38.4 Å². The van der Waals surface area contributed by atoms with Gasteiger partial charge in [-0.25, -0.2) is 4.79 Å². The summed E-state index contributed by atoms with van der Waals surface area (Å²) in [6, 6.07) is -0.295. The Kier molecular flexibility index (Phi) is 4.39. The Morgan fingerprint density at radius 1 is 1.40 bits per heavy atom. The number of carbonyl (C=O) groups is 2. The minimum Gasteiger partial charge on any atom is -0.323 e. The number of nitrogens with one attached hydrogen (secondary N) is 2. The van der Waals surface area contributed by atoms with Gasteiger partial charge in [-0.2, -0.15) is 0 Å². The van der Waals surface area contributed by atoms with E-state index >= 15 is 0 Å². The summed E-state index contributed by atoms with van der Waals surface area (Å²) >= 11 is 0. The van der Waals surface area contributed by atoms with Crippen LogP contribution in [0.15, 0.2) is 36.5 Å². The van der Waals surface area contributed by atoms with Crippen LogP contribution in [0.5, 0.6) is 0 Å². The minimum absolute atomic E-state index is 0.108. The van der Waals surface area contributed by atoms with Crippen LogP contribution in [-0.2, 0) is 4.79 Å². The first-order valence-electron chi connectivity index (χ1n) is 6.92. The van der Waals surface area contributed by atoms with Crippen molar-refractivity contribution in [3.8, 4) is 0 Å². The summed E-state index contributed by atoms with van der Waals surface area (Å²) in [4.78, 5) is 26.0. The van der Waals surface area contributed by atoms with Gasteiger partial charge >= 0.3 is 6.03 Å². The SMILES string of the molecule is C=C/C=C(\C=C/C)CN1C(=O)NC2(CCNCC2)C1=O. The summed E-state index contributed by atoms with van der Waals surface area (Å²) in [6.07, 6.45) is 8.54. The highest BCUT2D eigenvalue weighted by molar-refractivity contribution is 6.07. The summed E-state index contributed by atoms with van der Waals surface area (Å²) in [5.74, 6) is -0.108. The van der Waals surface area contributed by atoms with Crippen LogP contribution in [-0.4, -0.2) is 42.0 Å². The van der Waals surface area contributed by atoms with Gasteiger partial charge in [-0.15, -0.1) is 0 Å². The van der Waals surface area contributed by atoms with E-state index in [9.17, 15) is 9.59 Å². The zero-order valence-corrected chi connectivity index (χ0v) is 11.8. The zero-order valence-electron chi connectivity index (χ0n) is 11.8. The van der Waals surface area contributed by atoms with Crippen LogP contribution in [0.1, 0.15) is 19.8 Å². The molecule has 1 spiro atoms. The van der Waals surface area contributed by atoms with Crippen LogP contribution in [0.4, 0.5) is 4.79 Å². The zero-order chi connectivity index (χ0) is 14.6. The van der Waals surface area contributed by atoms with Crippen molar-refractivity contribution in [1.29, 1.82) is 0 Å². The van der Waals surface area contributed by atoms with Crippen molar-refractivity contribution < 1.29 is 9.59 Å². The lowest BCUT2D eigenvalue weighted by molar-refractivity contribution is -0.131. The topological polar surface area (TPSA) is 61.4 Å². The number of hydrogen-bond donors (Lipinski definition) is 2. The first kappa shape index (κ1) is 14.5. The highest BCUT2D eigenvalue weighted by Gasteiger charge is 2.51. The molecule has 0 radical (unpaired) electrons. The molecule has 2 aliphatic heterocycles. The van der Waals surface area contributed by atoms with Crippen molar-refractivity contribution in [3.63, 3.8) is 0 Å². The van der Waals surface area contributed by atoms with Gasteiger partial charge in [0.15, 0.2) is 0 Å². The molecule has 2 aliphatic rings. The van der Waals surface area contributed by atoms with Crippen LogP contribution in [0.2, 0.25) is 0 Å². The Hall–Kier alpha value is -1.88. The number of imide groups is 1. The van der Waals surface area contributed by atoms with Crippen LogP contribution >= 0.6 is 0 Å². The number of allylic oxidation sites excluding steroid dienone is 3. The molecule has 0 bridgehead atoms. The molecule has 0 aliphatic carbocycles. The number of amides is 3. The molecule has 0 atom stereocenters. The molecule has 2 heterocycles. The Morgan fingerprint density at radius 3 is 2.70 bits per heavy atom. The van der Waals surface area contributed by atoms with Gasteiger partial charge in [-0.3, -0.25) is 9.69 Å². The number of piperidine rings is 1. The first-order chi connectivity index (χ1) is 9.63. The van der Waals surface area contributed by atoms with Gasteiger partial charge in [0.05, 0.1) is 6.54 Å². The van der Waals surface area contributed by atoms with E-state index in [2.05, 4.69) is 17.2 Å². The number of hydrogen-bond acceptors (Lipinski definition) is 3. The van der Waals surface area contributed by atoms with E-state index in [0.29, 0.717) is 12.8 Å². The average Bonchev–Trinajstić information content (AvgIpc) is 2.65. The fraction of sp³-hybridized carbons (Fsp3) is 0.467. The Balaban J connectivity index is 2.16. The molecular weight excluding hydrogens is 254 g/mol. The Morgan fingerprint density at radius 2 is 2.10 bits per heavy atom. The monoisotopic (exact) mass is 275 g/mol. The van der Waals surface area contributed by atoms with Gasteiger partial charge in [0.25, 0.3) is 5.91 Å². The van der Waals surface area contributed by atoms with Crippen molar-refractivity contribution in [3.05, 3.63) is 36.5 Å². The molecule has 0 aromatic carbocycles. The number of rotatable bonds is 4. The normalized spacial score (nSPS) is 22.6. The number of nitrogens with zero attached hydrogens (tertiary/aromatic N) is 1. The average molecular weight is 275 g/mol. The third-order valence-corrected chi connectivity index (χ3v) is 3.76. The Bertz CT molecular complexity index is 474. The highest BCUT2D eigenvalue weighted by atomic mass is 16.2. The van der Waals surface area contributed by atoms with Crippen molar-refractivity contribution >= 4 is 11.9 Å². The smallest absolute Gasteiger partial charge is 0.323 e. The standard InChI is InChI=1S/C15H21N3O2/c1-3-5-12(6-4-2)11-18-13(19)15(17-14(18)20)7-9-16-10-8-15/h3-6,16H,1,7-11H2,2H3,(H,17,20)/b6-4-,12-5+. The fourth-order valence-electron chi connectivity index (χ4n) is 2.72. The van der Waals surface area contributed by atoms with Crippen LogP contribution in [0.3, 0.4) is 0 Å². The lowest BCUT2D eigenvalue weighted by Crippen LogP contribution is -2.53. The number of urea groups is 1. The molecule has 108 valence electrons. The molecular formula is C15H21N3O2. The molecule has 5 heteroatoms. The van der Waals surface area contributed by atoms with Gasteiger partial charge in [0.2, 0.25) is 0 Å². The van der Waals surface area contributed by atoms with Crippen molar-refractivity contribution in [2.45, 2.75) is 25.3 Å². The van der Waals surface area contributed by atoms with Gasteiger partial charge < -0.3 is 10.6 Å². The summed E-state index contributed by atoms with van der Waals surface area (Å²) in [5.41, 5.74) is 0.189. The second-order valence-corrected chi connectivity index (χ2v) is 5.13. The van der Waals surface area contributed by atoms with Crippen molar-refractivity contribution in [2.24, 2.45) is 0 Å². The number of carbonyl (C=O) groups excluding carboxylic acids is 2. The maximum Gasteiger partial charge on any atom is 0.325 e. The molecule has 0 unspecified atom stereocenters. The van der Waals surface area contributed by atoms with Crippen molar-refractivity contribution in [1.82, 2.24) is 15.5 Å². The van der Waals surface area contributed by atoms with Crippen LogP contribution in [0, 0.1) is 0 Å². The molecule has 0 saturated carbocycles. The quantitative estimate of drug-likeness (QED) is 0.601.